The molecule has 0 heterocycles. The number of aliphatic hydroxyl groups excluding tert-OH is 1. The minimum Gasteiger partial charge on any atom is -0.493 e. The van der Waals surface area contributed by atoms with Crippen LogP contribution in [0.25, 0.3) is 0 Å². The summed E-state index contributed by atoms with van der Waals surface area (Å²) in [6.07, 6.45) is 5.36. The van der Waals surface area contributed by atoms with Crippen molar-refractivity contribution in [3.8, 4) is 11.5 Å². The summed E-state index contributed by atoms with van der Waals surface area (Å²) >= 11 is 3.48. The van der Waals surface area contributed by atoms with Crippen LogP contribution in [0.5, 0.6) is 11.5 Å². The highest BCUT2D eigenvalue weighted by molar-refractivity contribution is 9.10. The summed E-state index contributed by atoms with van der Waals surface area (Å²) in [4.78, 5) is 0. The highest BCUT2D eigenvalue weighted by atomic mass is 79.9. The highest BCUT2D eigenvalue weighted by Gasteiger charge is 2.22. The molecule has 0 aromatic heterocycles. The molecule has 4 heteroatoms. The number of halogens is 1. The monoisotopic (exact) mass is 314 g/mol. The maximum Gasteiger partial charge on any atom is 0.164 e. The van der Waals surface area contributed by atoms with E-state index in [0.29, 0.717) is 6.10 Å². The van der Waals surface area contributed by atoms with Gasteiger partial charge in [0.25, 0.3) is 0 Å². The lowest BCUT2D eigenvalue weighted by Crippen LogP contribution is -2.25. The number of aryl methyl sites for hydroxylation is 1. The molecule has 1 aromatic carbocycles. The average molecular weight is 315 g/mol. The average Bonchev–Trinajstić information content (AvgIpc) is 2.31. The van der Waals surface area contributed by atoms with Gasteiger partial charge in [-0.1, -0.05) is 15.9 Å². The summed E-state index contributed by atoms with van der Waals surface area (Å²) in [5, 5.41) is 8.97. The van der Waals surface area contributed by atoms with Gasteiger partial charge in [0.15, 0.2) is 11.5 Å². The molecule has 0 amide bonds. The second-order valence-electron chi connectivity index (χ2n) is 4.59. The first-order valence-corrected chi connectivity index (χ1v) is 7.18. The lowest BCUT2D eigenvalue weighted by atomic mass is 9.96. The van der Waals surface area contributed by atoms with Crippen molar-refractivity contribution in [1.82, 2.24) is 0 Å². The van der Waals surface area contributed by atoms with Crippen molar-refractivity contribution in [2.24, 2.45) is 0 Å². The van der Waals surface area contributed by atoms with Gasteiger partial charge < -0.3 is 14.6 Å². The molecule has 0 unspecified atom stereocenters. The van der Waals surface area contributed by atoms with E-state index in [9.17, 15) is 0 Å². The Morgan fingerprint density at radius 3 is 2.72 bits per heavy atom. The molecule has 1 saturated carbocycles. The number of hydrogen-bond acceptors (Lipinski definition) is 3. The molecule has 1 N–H and O–H groups in total. The number of rotatable bonds is 6. The first-order valence-electron chi connectivity index (χ1n) is 6.38. The van der Waals surface area contributed by atoms with Gasteiger partial charge in [-0.05, 0) is 49.8 Å². The van der Waals surface area contributed by atoms with E-state index >= 15 is 0 Å². The van der Waals surface area contributed by atoms with Crippen LogP contribution in [0.1, 0.15) is 31.2 Å². The first-order chi connectivity index (χ1) is 8.74. The van der Waals surface area contributed by atoms with Crippen molar-refractivity contribution in [3.63, 3.8) is 0 Å². The van der Waals surface area contributed by atoms with E-state index in [1.165, 1.54) is 6.42 Å². The van der Waals surface area contributed by atoms with Crippen LogP contribution in [0, 0.1) is 0 Å². The van der Waals surface area contributed by atoms with E-state index < -0.39 is 0 Å². The van der Waals surface area contributed by atoms with Gasteiger partial charge in [0.05, 0.1) is 13.2 Å². The van der Waals surface area contributed by atoms with Gasteiger partial charge in [-0.2, -0.15) is 0 Å². The second kappa shape index (κ2) is 6.43. The molecule has 1 aliphatic rings. The summed E-state index contributed by atoms with van der Waals surface area (Å²) in [6.45, 7) is 0.192. The Bertz CT molecular complexity index is 402. The van der Waals surface area contributed by atoms with E-state index in [0.717, 1.165) is 47.2 Å². The van der Waals surface area contributed by atoms with Crippen LogP contribution >= 0.6 is 15.9 Å². The molecule has 0 radical (unpaired) electrons. The third kappa shape index (κ3) is 3.18. The maximum atomic E-state index is 8.97. The molecule has 0 spiro atoms. The number of ether oxygens (including phenoxy) is 2. The Hall–Kier alpha value is -0.740. The van der Waals surface area contributed by atoms with Gasteiger partial charge >= 0.3 is 0 Å². The minimum absolute atomic E-state index is 0.192. The highest BCUT2D eigenvalue weighted by Crippen LogP contribution is 2.38. The molecule has 0 aliphatic heterocycles. The standard InChI is InChI=1S/C14H19BrO3/c1-17-13-9-11(15)8-10(4-3-7-16)14(13)18-12-5-2-6-12/h8-9,12,16H,2-7H2,1H3. The van der Waals surface area contributed by atoms with Gasteiger partial charge in [0, 0.05) is 11.1 Å². The van der Waals surface area contributed by atoms with Gasteiger partial charge in [0.2, 0.25) is 0 Å². The summed E-state index contributed by atoms with van der Waals surface area (Å²) in [5.74, 6) is 1.61. The number of methoxy groups -OCH3 is 1. The van der Waals surface area contributed by atoms with Gasteiger partial charge in [-0.15, -0.1) is 0 Å². The molecule has 0 atom stereocenters. The van der Waals surface area contributed by atoms with Crippen LogP contribution in [-0.2, 0) is 6.42 Å². The Morgan fingerprint density at radius 2 is 2.17 bits per heavy atom. The first kappa shape index (κ1) is 13.7. The van der Waals surface area contributed by atoms with Gasteiger partial charge in [-0.25, -0.2) is 0 Å². The SMILES string of the molecule is COc1cc(Br)cc(CCCO)c1OC1CCC1. The Balaban J connectivity index is 2.24. The Kier molecular flexibility index (Phi) is 4.89. The zero-order valence-electron chi connectivity index (χ0n) is 10.6. The zero-order chi connectivity index (χ0) is 13.0. The lowest BCUT2D eigenvalue weighted by Gasteiger charge is -2.28. The smallest absolute Gasteiger partial charge is 0.164 e. The molecule has 1 aromatic rings. The van der Waals surface area contributed by atoms with Crippen LogP contribution in [0.2, 0.25) is 0 Å². The van der Waals surface area contributed by atoms with Crippen molar-refractivity contribution in [3.05, 3.63) is 22.2 Å². The van der Waals surface area contributed by atoms with Crippen LogP contribution in [0.3, 0.4) is 0 Å². The summed E-state index contributed by atoms with van der Waals surface area (Å²) < 4.78 is 12.4. The minimum atomic E-state index is 0.192. The summed E-state index contributed by atoms with van der Waals surface area (Å²) in [7, 11) is 1.66. The molecule has 100 valence electrons. The number of benzene rings is 1. The second-order valence-corrected chi connectivity index (χ2v) is 5.51. The van der Waals surface area contributed by atoms with Gasteiger partial charge in [-0.3, -0.25) is 0 Å². The van der Waals surface area contributed by atoms with Crippen molar-refractivity contribution in [2.75, 3.05) is 13.7 Å². The largest absolute Gasteiger partial charge is 0.493 e. The normalized spacial score (nSPS) is 15.3. The molecule has 0 saturated heterocycles. The molecule has 18 heavy (non-hydrogen) atoms. The van der Waals surface area contributed by atoms with Crippen molar-refractivity contribution in [2.45, 2.75) is 38.2 Å². The molecule has 1 fully saturated rings. The fourth-order valence-electron chi connectivity index (χ4n) is 2.02. The van der Waals surface area contributed by atoms with Crippen LogP contribution < -0.4 is 9.47 Å². The number of hydrogen-bond donors (Lipinski definition) is 1. The van der Waals surface area contributed by atoms with E-state index in [-0.39, 0.29) is 6.61 Å². The Labute approximate surface area is 116 Å². The Morgan fingerprint density at radius 1 is 1.39 bits per heavy atom. The van der Waals surface area contributed by atoms with Crippen LogP contribution in [0.4, 0.5) is 0 Å². The van der Waals surface area contributed by atoms with Crippen LogP contribution in [0.15, 0.2) is 16.6 Å². The summed E-state index contributed by atoms with van der Waals surface area (Å²) in [6, 6.07) is 3.97. The van der Waals surface area contributed by atoms with Crippen molar-refractivity contribution >= 4 is 15.9 Å². The third-order valence-electron chi connectivity index (χ3n) is 3.26. The third-order valence-corrected chi connectivity index (χ3v) is 3.72. The van der Waals surface area contributed by atoms with E-state index in [4.69, 9.17) is 14.6 Å². The predicted octanol–water partition coefficient (Wildman–Crippen LogP) is 3.31. The molecule has 3 nitrogen and oxygen atoms in total. The molecule has 0 bridgehead atoms. The molecular weight excluding hydrogens is 296 g/mol. The van der Waals surface area contributed by atoms with Gasteiger partial charge in [0.1, 0.15) is 0 Å². The van der Waals surface area contributed by atoms with E-state index in [1.54, 1.807) is 7.11 Å². The van der Waals surface area contributed by atoms with Crippen molar-refractivity contribution in [1.29, 1.82) is 0 Å². The predicted molar refractivity (Wildman–Crippen MR) is 74.4 cm³/mol. The fourth-order valence-corrected chi connectivity index (χ4v) is 2.50. The topological polar surface area (TPSA) is 38.7 Å². The molecule has 2 rings (SSSR count). The van der Waals surface area contributed by atoms with Crippen molar-refractivity contribution < 1.29 is 14.6 Å². The lowest BCUT2D eigenvalue weighted by molar-refractivity contribution is 0.114. The van der Waals surface area contributed by atoms with E-state index in [1.807, 2.05) is 12.1 Å². The molecular formula is C14H19BrO3. The molecule has 1 aliphatic carbocycles. The fraction of sp³-hybridized carbons (Fsp3) is 0.571. The zero-order valence-corrected chi connectivity index (χ0v) is 12.2. The quantitative estimate of drug-likeness (QED) is 0.875. The summed E-state index contributed by atoms with van der Waals surface area (Å²) in [5.41, 5.74) is 1.10. The maximum absolute atomic E-state index is 8.97. The van der Waals surface area contributed by atoms with E-state index in [2.05, 4.69) is 15.9 Å². The van der Waals surface area contributed by atoms with Crippen LogP contribution in [-0.4, -0.2) is 24.9 Å². The number of aliphatic hydroxyl groups is 1.